The molecule has 2 N–H and O–H groups in total. The van der Waals surface area contributed by atoms with Crippen molar-refractivity contribution in [3.8, 4) is 0 Å². The van der Waals surface area contributed by atoms with E-state index in [-0.39, 0.29) is 35.7 Å². The summed E-state index contributed by atoms with van der Waals surface area (Å²) in [5, 5.41) is 6.49. The van der Waals surface area contributed by atoms with Gasteiger partial charge in [-0.1, -0.05) is 36.2 Å². The molecule has 1 aliphatic carbocycles. The molecule has 4 amide bonds. The first kappa shape index (κ1) is 25.0. The second kappa shape index (κ2) is 12.0. The van der Waals surface area contributed by atoms with E-state index in [9.17, 15) is 19.2 Å². The van der Waals surface area contributed by atoms with Crippen molar-refractivity contribution in [3.63, 3.8) is 0 Å². The molecule has 9 heteroatoms. The molecular weight excluding hydrogens is 446 g/mol. The summed E-state index contributed by atoms with van der Waals surface area (Å²) in [6, 6.07) is 6.86. The number of esters is 1. The molecule has 1 aromatic rings. The van der Waals surface area contributed by atoms with Crippen LogP contribution in [0.1, 0.15) is 50.5 Å². The molecule has 1 heterocycles. The minimum atomic E-state index is -0.399. The third-order valence-corrected chi connectivity index (χ3v) is 6.85. The number of benzene rings is 1. The van der Waals surface area contributed by atoms with E-state index in [4.69, 9.17) is 16.3 Å². The van der Waals surface area contributed by atoms with E-state index >= 15 is 0 Å². The summed E-state index contributed by atoms with van der Waals surface area (Å²) in [5.41, 5.74) is 1.00. The third-order valence-electron chi connectivity index (χ3n) is 6.48. The lowest BCUT2D eigenvalue weighted by molar-refractivity contribution is -0.149. The Morgan fingerprint density at radius 2 is 1.97 bits per heavy atom. The van der Waals surface area contributed by atoms with Gasteiger partial charge in [0, 0.05) is 30.6 Å². The lowest BCUT2D eigenvalue weighted by Crippen LogP contribution is -2.61. The number of carbonyl (C=O) groups is 4. The highest BCUT2D eigenvalue weighted by molar-refractivity contribution is 6.31. The van der Waals surface area contributed by atoms with Crippen LogP contribution in [0, 0.1) is 11.8 Å². The molecule has 1 saturated heterocycles. The van der Waals surface area contributed by atoms with Gasteiger partial charge in [-0.15, -0.1) is 0 Å². The lowest BCUT2D eigenvalue weighted by atomic mass is 9.76. The third kappa shape index (κ3) is 6.69. The Balaban J connectivity index is 1.32. The Hall–Kier alpha value is -2.61. The van der Waals surface area contributed by atoms with E-state index in [1.807, 2.05) is 24.3 Å². The molecule has 33 heavy (non-hydrogen) atoms. The Morgan fingerprint density at radius 1 is 1.18 bits per heavy atom. The first-order valence-electron chi connectivity index (χ1n) is 11.6. The fourth-order valence-electron chi connectivity index (χ4n) is 4.61. The molecule has 1 aromatic carbocycles. The van der Waals surface area contributed by atoms with Gasteiger partial charge in [-0.05, 0) is 50.2 Å². The van der Waals surface area contributed by atoms with Crippen LogP contribution in [0.5, 0.6) is 0 Å². The number of rotatable bonds is 10. The predicted octanol–water partition coefficient (Wildman–Crippen LogP) is 3.07. The SMILES string of the molecule is COC(=O)C1CCC2C(=O)N(CCCCCC(=O)NCCc3ccccc3Cl)C(=O)NC2C1. The molecule has 0 bridgehead atoms. The predicted molar refractivity (Wildman–Crippen MR) is 124 cm³/mol. The van der Waals surface area contributed by atoms with Crippen molar-refractivity contribution >= 4 is 35.4 Å². The maximum absolute atomic E-state index is 12.8. The van der Waals surface area contributed by atoms with Crippen molar-refractivity contribution in [3.05, 3.63) is 34.9 Å². The van der Waals surface area contributed by atoms with Gasteiger partial charge < -0.3 is 15.4 Å². The number of halogens is 1. The number of ether oxygens (including phenoxy) is 1. The van der Waals surface area contributed by atoms with Crippen LogP contribution >= 0.6 is 11.6 Å². The number of nitrogens with one attached hydrogen (secondary N) is 2. The van der Waals surface area contributed by atoms with Crippen LogP contribution < -0.4 is 10.6 Å². The molecule has 3 atom stereocenters. The zero-order valence-corrected chi connectivity index (χ0v) is 19.7. The van der Waals surface area contributed by atoms with Crippen molar-refractivity contribution in [1.82, 2.24) is 15.5 Å². The lowest BCUT2D eigenvalue weighted by Gasteiger charge is -2.41. The summed E-state index contributed by atoms with van der Waals surface area (Å²) >= 11 is 6.12. The fraction of sp³-hybridized carbons (Fsp3) is 0.583. The number of unbranched alkanes of at least 4 members (excludes halogenated alkanes) is 2. The van der Waals surface area contributed by atoms with E-state index in [0.717, 1.165) is 12.0 Å². The first-order valence-corrected chi connectivity index (χ1v) is 12.0. The Labute approximate surface area is 199 Å². The van der Waals surface area contributed by atoms with Crippen LogP contribution in [0.2, 0.25) is 5.02 Å². The van der Waals surface area contributed by atoms with Crippen LogP contribution in [0.4, 0.5) is 4.79 Å². The van der Waals surface area contributed by atoms with Gasteiger partial charge in [-0.2, -0.15) is 0 Å². The van der Waals surface area contributed by atoms with Crippen molar-refractivity contribution in [1.29, 1.82) is 0 Å². The Morgan fingerprint density at radius 3 is 2.73 bits per heavy atom. The smallest absolute Gasteiger partial charge is 0.324 e. The van der Waals surface area contributed by atoms with Gasteiger partial charge in [0.05, 0.1) is 18.9 Å². The maximum Gasteiger partial charge on any atom is 0.324 e. The summed E-state index contributed by atoms with van der Waals surface area (Å²) in [6.45, 7) is 0.868. The van der Waals surface area contributed by atoms with E-state index < -0.39 is 6.03 Å². The first-order chi connectivity index (χ1) is 15.9. The molecule has 1 aliphatic heterocycles. The van der Waals surface area contributed by atoms with Crippen molar-refractivity contribution < 1.29 is 23.9 Å². The van der Waals surface area contributed by atoms with E-state index in [0.29, 0.717) is 63.1 Å². The number of hydrogen-bond donors (Lipinski definition) is 2. The molecule has 0 radical (unpaired) electrons. The molecule has 2 aliphatic rings. The minimum absolute atomic E-state index is 0.0148. The van der Waals surface area contributed by atoms with E-state index in [2.05, 4.69) is 10.6 Å². The number of carbonyl (C=O) groups excluding carboxylic acids is 4. The van der Waals surface area contributed by atoms with Gasteiger partial charge in [0.25, 0.3) is 0 Å². The number of fused-ring (bicyclic) bond motifs is 1. The highest BCUT2D eigenvalue weighted by atomic mass is 35.5. The van der Waals surface area contributed by atoms with Gasteiger partial charge >= 0.3 is 12.0 Å². The molecule has 0 aromatic heterocycles. The summed E-state index contributed by atoms with van der Waals surface area (Å²) in [7, 11) is 1.35. The van der Waals surface area contributed by atoms with Crippen molar-refractivity contribution in [2.75, 3.05) is 20.2 Å². The highest BCUT2D eigenvalue weighted by Gasteiger charge is 2.45. The standard InChI is InChI=1S/C24H32ClN3O5/c1-33-23(31)17-10-11-18-20(15-17)27-24(32)28(22(18)30)14-6-2-3-9-21(29)26-13-12-16-7-4-5-8-19(16)25/h4-5,7-8,17-18,20H,2-3,6,9-15H2,1H3,(H,26,29)(H,27,32). The Bertz CT molecular complexity index is 877. The van der Waals surface area contributed by atoms with Gasteiger partial charge in [-0.25, -0.2) is 4.79 Å². The zero-order chi connectivity index (χ0) is 23.8. The van der Waals surface area contributed by atoms with Crippen LogP contribution in [0.15, 0.2) is 24.3 Å². The molecule has 0 spiro atoms. The van der Waals surface area contributed by atoms with Gasteiger partial charge in [-0.3, -0.25) is 19.3 Å². The summed E-state index contributed by atoms with van der Waals surface area (Å²) in [4.78, 5) is 50.4. The minimum Gasteiger partial charge on any atom is -0.469 e. The summed E-state index contributed by atoms with van der Waals surface area (Å²) in [6.07, 6.45) is 4.76. The molecule has 2 fully saturated rings. The highest BCUT2D eigenvalue weighted by Crippen LogP contribution is 2.33. The average molecular weight is 478 g/mol. The molecular formula is C24H32ClN3O5. The topological polar surface area (TPSA) is 105 Å². The quantitative estimate of drug-likeness (QED) is 0.398. The maximum atomic E-state index is 12.8. The molecule has 3 unspecified atom stereocenters. The van der Waals surface area contributed by atoms with E-state index in [1.165, 1.54) is 12.0 Å². The van der Waals surface area contributed by atoms with Gasteiger partial charge in [0.1, 0.15) is 0 Å². The zero-order valence-electron chi connectivity index (χ0n) is 19.0. The van der Waals surface area contributed by atoms with Crippen LogP contribution in [0.3, 0.4) is 0 Å². The molecule has 8 nitrogen and oxygen atoms in total. The van der Waals surface area contributed by atoms with Crippen LogP contribution in [0.25, 0.3) is 0 Å². The van der Waals surface area contributed by atoms with Crippen molar-refractivity contribution in [2.24, 2.45) is 11.8 Å². The Kier molecular flexibility index (Phi) is 9.11. The summed E-state index contributed by atoms with van der Waals surface area (Å²) in [5.74, 6) is -1.02. The number of nitrogens with zero attached hydrogens (tertiary/aromatic N) is 1. The van der Waals surface area contributed by atoms with E-state index in [1.54, 1.807) is 0 Å². The van der Waals surface area contributed by atoms with Crippen molar-refractivity contribution in [2.45, 2.75) is 57.4 Å². The second-order valence-corrected chi connectivity index (χ2v) is 9.09. The fourth-order valence-corrected chi connectivity index (χ4v) is 4.84. The number of urea groups is 1. The number of imide groups is 1. The molecule has 3 rings (SSSR count). The van der Waals surface area contributed by atoms with Crippen LogP contribution in [-0.4, -0.2) is 55.0 Å². The normalized spacial score (nSPS) is 22.4. The summed E-state index contributed by atoms with van der Waals surface area (Å²) < 4.78 is 4.80. The van der Waals surface area contributed by atoms with Gasteiger partial charge in [0.2, 0.25) is 11.8 Å². The second-order valence-electron chi connectivity index (χ2n) is 8.69. The number of methoxy groups -OCH3 is 1. The number of hydrogen-bond acceptors (Lipinski definition) is 5. The molecule has 180 valence electrons. The molecule has 1 saturated carbocycles. The van der Waals surface area contributed by atoms with Crippen LogP contribution in [-0.2, 0) is 25.5 Å². The van der Waals surface area contributed by atoms with Gasteiger partial charge in [0.15, 0.2) is 0 Å². The average Bonchev–Trinajstić information content (AvgIpc) is 2.81. The monoisotopic (exact) mass is 477 g/mol. The number of amides is 4. The largest absolute Gasteiger partial charge is 0.469 e.